The minimum Gasteiger partial charge on any atom is -0.308 e. The van der Waals surface area contributed by atoms with Gasteiger partial charge in [-0.05, 0) is 36.4 Å². The van der Waals surface area contributed by atoms with Crippen LogP contribution in [0.3, 0.4) is 0 Å². The zero-order valence-electron chi connectivity index (χ0n) is 11.7. The maximum absolute atomic E-state index is 7.10. The minimum atomic E-state index is 0.664. The standard InChI is InChI=1S/C19H12N2S/c1-20-14-10-12-15(13-11-14)21-16-6-2-4-8-18(16)22-19-9-5-3-7-17(19)21/h2-13H. The molecule has 3 heteroatoms. The Hall–Kier alpha value is -2.70. The van der Waals surface area contributed by atoms with Crippen LogP contribution in [0.15, 0.2) is 82.6 Å². The smallest absolute Gasteiger partial charge is 0.187 e. The Morgan fingerprint density at radius 3 is 1.82 bits per heavy atom. The van der Waals surface area contributed by atoms with Crippen LogP contribution in [0.5, 0.6) is 0 Å². The van der Waals surface area contributed by atoms with E-state index in [1.165, 1.54) is 21.2 Å². The lowest BCUT2D eigenvalue weighted by Crippen LogP contribution is -2.14. The quantitative estimate of drug-likeness (QED) is 0.388. The van der Waals surface area contributed by atoms with Gasteiger partial charge in [0.25, 0.3) is 0 Å². The number of hydrogen-bond acceptors (Lipinski definition) is 2. The van der Waals surface area contributed by atoms with Gasteiger partial charge in [-0.25, -0.2) is 4.85 Å². The first-order valence-corrected chi connectivity index (χ1v) is 7.82. The third-order valence-electron chi connectivity index (χ3n) is 3.67. The van der Waals surface area contributed by atoms with E-state index in [2.05, 4.69) is 58.3 Å². The van der Waals surface area contributed by atoms with E-state index in [-0.39, 0.29) is 0 Å². The first kappa shape index (κ1) is 13.0. The fourth-order valence-corrected chi connectivity index (χ4v) is 3.72. The van der Waals surface area contributed by atoms with Crippen LogP contribution in [0.4, 0.5) is 22.7 Å². The third-order valence-corrected chi connectivity index (χ3v) is 4.80. The summed E-state index contributed by atoms with van der Waals surface area (Å²) in [5.74, 6) is 0. The molecule has 0 radical (unpaired) electrons. The fourth-order valence-electron chi connectivity index (χ4n) is 2.66. The lowest BCUT2D eigenvalue weighted by atomic mass is 10.1. The number of hydrogen-bond donors (Lipinski definition) is 0. The maximum atomic E-state index is 7.10. The molecule has 0 saturated heterocycles. The molecule has 0 saturated carbocycles. The van der Waals surface area contributed by atoms with Gasteiger partial charge in [0.05, 0.1) is 17.9 Å². The van der Waals surface area contributed by atoms with Crippen LogP contribution >= 0.6 is 11.8 Å². The van der Waals surface area contributed by atoms with Crippen molar-refractivity contribution in [1.29, 1.82) is 0 Å². The molecule has 2 nitrogen and oxygen atoms in total. The highest BCUT2D eigenvalue weighted by molar-refractivity contribution is 7.99. The first-order valence-electron chi connectivity index (χ1n) is 7.00. The molecule has 0 aliphatic carbocycles. The molecule has 3 aromatic carbocycles. The van der Waals surface area contributed by atoms with Crippen LogP contribution in [0, 0.1) is 6.57 Å². The molecule has 0 bridgehead atoms. The van der Waals surface area contributed by atoms with Crippen molar-refractivity contribution in [2.45, 2.75) is 9.79 Å². The predicted octanol–water partition coefficient (Wildman–Crippen LogP) is 6.17. The van der Waals surface area contributed by atoms with Crippen molar-refractivity contribution in [3.8, 4) is 0 Å². The minimum absolute atomic E-state index is 0.664. The van der Waals surface area contributed by atoms with Crippen LogP contribution in [0.1, 0.15) is 0 Å². The van der Waals surface area contributed by atoms with Gasteiger partial charge in [0.2, 0.25) is 0 Å². The van der Waals surface area contributed by atoms with Crippen LogP contribution in [-0.4, -0.2) is 0 Å². The largest absolute Gasteiger partial charge is 0.308 e. The molecule has 0 N–H and O–H groups in total. The van der Waals surface area contributed by atoms with Crippen molar-refractivity contribution in [3.63, 3.8) is 0 Å². The summed E-state index contributed by atoms with van der Waals surface area (Å²) in [5, 5.41) is 0. The Bertz CT molecular complexity index is 833. The average molecular weight is 300 g/mol. The Morgan fingerprint density at radius 2 is 1.27 bits per heavy atom. The van der Waals surface area contributed by atoms with E-state index in [1.807, 2.05) is 24.3 Å². The summed E-state index contributed by atoms with van der Waals surface area (Å²) >= 11 is 1.80. The molecule has 104 valence electrons. The van der Waals surface area contributed by atoms with Crippen LogP contribution in [0.2, 0.25) is 0 Å². The number of rotatable bonds is 1. The molecule has 0 unspecified atom stereocenters. The predicted molar refractivity (Wildman–Crippen MR) is 91.5 cm³/mol. The SMILES string of the molecule is [C-]#[N+]c1ccc(N2c3ccccc3Sc3ccccc32)cc1. The summed E-state index contributed by atoms with van der Waals surface area (Å²) in [6.07, 6.45) is 0. The third kappa shape index (κ3) is 2.05. The molecule has 0 aromatic heterocycles. The van der Waals surface area contributed by atoms with Gasteiger partial charge >= 0.3 is 0 Å². The number of para-hydroxylation sites is 2. The van der Waals surface area contributed by atoms with Crippen molar-refractivity contribution in [2.24, 2.45) is 0 Å². The van der Waals surface area contributed by atoms with Crippen LogP contribution in [-0.2, 0) is 0 Å². The fraction of sp³-hybridized carbons (Fsp3) is 0. The molecule has 0 spiro atoms. The van der Waals surface area contributed by atoms with Crippen molar-refractivity contribution in [3.05, 3.63) is 84.2 Å². The molecule has 1 aliphatic rings. The molecular formula is C19H12N2S. The highest BCUT2D eigenvalue weighted by atomic mass is 32.2. The second-order valence-corrected chi connectivity index (χ2v) is 6.08. The lowest BCUT2D eigenvalue weighted by molar-refractivity contribution is 1.17. The normalized spacial score (nSPS) is 12.2. The average Bonchev–Trinajstić information content (AvgIpc) is 2.60. The molecule has 1 heterocycles. The molecular weight excluding hydrogens is 288 g/mol. The number of benzene rings is 3. The Labute approximate surface area is 133 Å². The van der Waals surface area contributed by atoms with E-state index in [0.717, 1.165) is 5.69 Å². The molecule has 1 aliphatic heterocycles. The monoisotopic (exact) mass is 300 g/mol. The van der Waals surface area contributed by atoms with Gasteiger partial charge in [-0.15, -0.1) is 0 Å². The van der Waals surface area contributed by atoms with Gasteiger partial charge in [0.1, 0.15) is 0 Å². The van der Waals surface area contributed by atoms with Crippen molar-refractivity contribution in [2.75, 3.05) is 4.90 Å². The summed E-state index contributed by atoms with van der Waals surface area (Å²) in [4.78, 5) is 8.22. The number of nitrogens with zero attached hydrogens (tertiary/aromatic N) is 2. The van der Waals surface area contributed by atoms with E-state index < -0.39 is 0 Å². The van der Waals surface area contributed by atoms with E-state index in [4.69, 9.17) is 6.57 Å². The molecule has 3 aromatic rings. The Kier molecular flexibility index (Phi) is 3.10. The zero-order valence-corrected chi connectivity index (χ0v) is 12.5. The van der Waals surface area contributed by atoms with E-state index in [1.54, 1.807) is 11.8 Å². The van der Waals surface area contributed by atoms with E-state index in [9.17, 15) is 0 Å². The summed E-state index contributed by atoms with van der Waals surface area (Å²) in [7, 11) is 0. The Balaban J connectivity index is 1.92. The molecule has 4 rings (SSSR count). The summed E-state index contributed by atoms with van der Waals surface area (Å²) in [6, 6.07) is 24.6. The second kappa shape index (κ2) is 5.25. The highest BCUT2D eigenvalue weighted by Crippen LogP contribution is 2.51. The maximum Gasteiger partial charge on any atom is 0.187 e. The Morgan fingerprint density at radius 1 is 0.727 bits per heavy atom. The summed E-state index contributed by atoms with van der Waals surface area (Å²) < 4.78 is 0. The number of fused-ring (bicyclic) bond motifs is 2. The van der Waals surface area contributed by atoms with Gasteiger partial charge in [-0.3, -0.25) is 0 Å². The van der Waals surface area contributed by atoms with Gasteiger partial charge in [-0.2, -0.15) is 0 Å². The molecule has 0 amide bonds. The molecule has 22 heavy (non-hydrogen) atoms. The molecule has 0 atom stereocenters. The second-order valence-electron chi connectivity index (χ2n) is 5.00. The highest BCUT2D eigenvalue weighted by Gasteiger charge is 2.23. The van der Waals surface area contributed by atoms with Gasteiger partial charge in [0, 0.05) is 15.5 Å². The first-order chi connectivity index (χ1) is 10.9. The van der Waals surface area contributed by atoms with Crippen LogP contribution in [0.25, 0.3) is 4.85 Å². The van der Waals surface area contributed by atoms with Gasteiger partial charge in [-0.1, -0.05) is 48.2 Å². The van der Waals surface area contributed by atoms with Crippen LogP contribution < -0.4 is 4.90 Å². The van der Waals surface area contributed by atoms with Gasteiger partial charge in [0.15, 0.2) is 5.69 Å². The number of anilines is 3. The van der Waals surface area contributed by atoms with Crippen molar-refractivity contribution < 1.29 is 0 Å². The molecule has 0 fully saturated rings. The topological polar surface area (TPSA) is 7.60 Å². The van der Waals surface area contributed by atoms with Gasteiger partial charge < -0.3 is 4.90 Å². The summed E-state index contributed by atoms with van der Waals surface area (Å²) in [5.41, 5.74) is 4.10. The van der Waals surface area contributed by atoms with E-state index in [0.29, 0.717) is 5.69 Å². The lowest BCUT2D eigenvalue weighted by Gasteiger charge is -2.32. The van der Waals surface area contributed by atoms with Crippen molar-refractivity contribution in [1.82, 2.24) is 0 Å². The van der Waals surface area contributed by atoms with Crippen molar-refractivity contribution >= 4 is 34.5 Å². The summed E-state index contributed by atoms with van der Waals surface area (Å²) in [6.45, 7) is 7.10. The van der Waals surface area contributed by atoms with E-state index >= 15 is 0 Å². The zero-order chi connectivity index (χ0) is 14.9.